The Morgan fingerprint density at radius 3 is 2.70 bits per heavy atom. The summed E-state index contributed by atoms with van der Waals surface area (Å²) in [6.07, 6.45) is 6.58. The summed E-state index contributed by atoms with van der Waals surface area (Å²) in [6, 6.07) is 10.9. The van der Waals surface area contributed by atoms with Gasteiger partial charge in [0.1, 0.15) is 31.6 Å². The Bertz CT molecular complexity index is 736. The molecule has 2 atom stereocenters. The zero-order valence-electron chi connectivity index (χ0n) is 16.2. The number of aromatic nitrogens is 1. The van der Waals surface area contributed by atoms with Gasteiger partial charge in [-0.15, -0.1) is 6.42 Å². The third-order valence-corrected chi connectivity index (χ3v) is 4.37. The molecule has 0 saturated carbocycles. The smallest absolute Gasteiger partial charge is 0.128 e. The number of hydrogen-bond donors (Lipinski definition) is 2. The number of quaternary nitrogens is 1. The van der Waals surface area contributed by atoms with Crippen LogP contribution in [0.3, 0.4) is 0 Å². The van der Waals surface area contributed by atoms with Crippen molar-refractivity contribution in [1.82, 2.24) is 4.57 Å². The summed E-state index contributed by atoms with van der Waals surface area (Å²) in [4.78, 5) is 1.26. The molecule has 0 radical (unpaired) electrons. The van der Waals surface area contributed by atoms with Gasteiger partial charge < -0.3 is 19.3 Å². The van der Waals surface area contributed by atoms with Gasteiger partial charge in [0.25, 0.3) is 0 Å². The zero-order chi connectivity index (χ0) is 19.6. The third-order valence-electron chi connectivity index (χ3n) is 4.37. The van der Waals surface area contributed by atoms with Crippen LogP contribution >= 0.6 is 0 Å². The maximum Gasteiger partial charge on any atom is 0.128 e. The van der Waals surface area contributed by atoms with Gasteiger partial charge in [0, 0.05) is 17.7 Å². The number of rotatable bonds is 11. The number of aliphatic hydroxyl groups is 1. The molecule has 0 aliphatic heterocycles. The van der Waals surface area contributed by atoms with Crippen molar-refractivity contribution < 1.29 is 19.1 Å². The van der Waals surface area contributed by atoms with Gasteiger partial charge in [0.05, 0.1) is 25.4 Å². The van der Waals surface area contributed by atoms with E-state index in [1.807, 2.05) is 24.4 Å². The lowest BCUT2D eigenvalue weighted by molar-refractivity contribution is -0.920. The minimum atomic E-state index is -0.568. The van der Waals surface area contributed by atoms with Crippen LogP contribution in [0, 0.1) is 24.1 Å². The molecule has 0 aliphatic rings. The van der Waals surface area contributed by atoms with E-state index in [-0.39, 0.29) is 19.0 Å². The number of terminal acetylenes is 1. The van der Waals surface area contributed by atoms with Gasteiger partial charge >= 0.3 is 0 Å². The molecule has 0 fully saturated rings. The van der Waals surface area contributed by atoms with Crippen LogP contribution in [0.4, 0.5) is 4.39 Å². The molecule has 2 rings (SSSR count). The van der Waals surface area contributed by atoms with Gasteiger partial charge in [0.2, 0.25) is 0 Å². The highest BCUT2D eigenvalue weighted by Gasteiger charge is 2.19. The first kappa shape index (κ1) is 21.2. The van der Waals surface area contributed by atoms with Crippen LogP contribution in [-0.2, 0) is 17.8 Å². The van der Waals surface area contributed by atoms with Gasteiger partial charge in [-0.1, -0.05) is 38.0 Å². The second kappa shape index (κ2) is 10.9. The molecule has 4 nitrogen and oxygen atoms in total. The van der Waals surface area contributed by atoms with Gasteiger partial charge in [-0.2, -0.15) is 0 Å². The number of aliphatic hydroxyl groups excluding tert-OH is 1. The molecule has 27 heavy (non-hydrogen) atoms. The number of nitrogens with zero attached hydrogens (tertiary/aromatic N) is 1. The fourth-order valence-corrected chi connectivity index (χ4v) is 3.28. The molecule has 2 N–H and O–H groups in total. The second-order valence-electron chi connectivity index (χ2n) is 7.32. The van der Waals surface area contributed by atoms with Crippen molar-refractivity contribution >= 4 is 0 Å². The van der Waals surface area contributed by atoms with E-state index in [1.165, 1.54) is 11.0 Å². The van der Waals surface area contributed by atoms with Crippen molar-refractivity contribution in [1.29, 1.82) is 0 Å². The molecular weight excluding hydrogens is 343 g/mol. The fourth-order valence-electron chi connectivity index (χ4n) is 3.28. The Morgan fingerprint density at radius 2 is 2.00 bits per heavy atom. The summed E-state index contributed by atoms with van der Waals surface area (Å²) < 4.78 is 21.3. The van der Waals surface area contributed by atoms with Crippen molar-refractivity contribution in [2.45, 2.75) is 33.0 Å². The minimum absolute atomic E-state index is 0.190. The van der Waals surface area contributed by atoms with Crippen molar-refractivity contribution in [2.75, 3.05) is 26.3 Å². The van der Waals surface area contributed by atoms with Crippen LogP contribution in [0.1, 0.15) is 25.1 Å². The first-order valence-corrected chi connectivity index (χ1v) is 9.39. The summed E-state index contributed by atoms with van der Waals surface area (Å²) in [5.74, 6) is 2.71. The largest absolute Gasteiger partial charge is 0.385 e. The number of ether oxygens (including phenoxy) is 1. The number of benzene rings is 1. The van der Waals surface area contributed by atoms with E-state index in [2.05, 4.69) is 30.4 Å². The Kier molecular flexibility index (Phi) is 8.53. The SMILES string of the molecule is C#CCOC[C@@H](O)C[NH+](Cc1cccn1Cc1ccccc1F)CC(C)C. The molecule has 2 aromatic rings. The number of hydrogen-bond acceptors (Lipinski definition) is 2. The normalized spacial score (nSPS) is 13.5. The first-order chi connectivity index (χ1) is 13.0. The number of nitrogens with one attached hydrogen (secondary N) is 1. The molecule has 1 aromatic carbocycles. The van der Waals surface area contributed by atoms with Crippen molar-refractivity contribution in [3.05, 3.63) is 59.7 Å². The monoisotopic (exact) mass is 373 g/mol. The molecule has 0 spiro atoms. The summed E-state index contributed by atoms with van der Waals surface area (Å²) in [5.41, 5.74) is 1.79. The summed E-state index contributed by atoms with van der Waals surface area (Å²) in [5, 5.41) is 10.3. The Hall–Kier alpha value is -2.13. The molecule has 0 saturated heterocycles. The molecule has 146 valence electrons. The van der Waals surface area contributed by atoms with E-state index >= 15 is 0 Å². The van der Waals surface area contributed by atoms with Crippen LogP contribution in [-0.4, -0.2) is 42.1 Å². The Morgan fingerprint density at radius 1 is 1.22 bits per heavy atom. The topological polar surface area (TPSA) is 38.8 Å². The first-order valence-electron chi connectivity index (χ1n) is 9.39. The standard InChI is InChI=1S/C22H29FN2O2/c1-4-12-27-17-21(26)16-24(13-18(2)3)15-20-9-7-11-25(20)14-19-8-5-6-10-22(19)23/h1,5-11,18,21,26H,12-17H2,2-3H3/p+1/t21-/m0/s1. The highest BCUT2D eigenvalue weighted by atomic mass is 19.1. The van der Waals surface area contributed by atoms with Gasteiger partial charge in [-0.25, -0.2) is 4.39 Å². The molecule has 0 amide bonds. The lowest BCUT2D eigenvalue weighted by Gasteiger charge is -2.24. The van der Waals surface area contributed by atoms with E-state index in [4.69, 9.17) is 11.2 Å². The van der Waals surface area contributed by atoms with Gasteiger partial charge in [0.15, 0.2) is 0 Å². The van der Waals surface area contributed by atoms with E-state index < -0.39 is 6.10 Å². The zero-order valence-corrected chi connectivity index (χ0v) is 16.2. The van der Waals surface area contributed by atoms with Gasteiger partial charge in [-0.05, 0) is 18.2 Å². The minimum Gasteiger partial charge on any atom is -0.385 e. The van der Waals surface area contributed by atoms with Crippen molar-refractivity contribution in [2.24, 2.45) is 5.92 Å². The van der Waals surface area contributed by atoms with Crippen LogP contribution in [0.25, 0.3) is 0 Å². The molecule has 1 aromatic heterocycles. The molecule has 0 aliphatic carbocycles. The van der Waals surface area contributed by atoms with Gasteiger partial charge in [-0.3, -0.25) is 0 Å². The summed E-state index contributed by atoms with van der Waals surface area (Å²) in [6.45, 7) is 7.54. The van der Waals surface area contributed by atoms with E-state index in [0.717, 1.165) is 18.8 Å². The molecular formula is C22H30FN2O2+. The average molecular weight is 373 g/mol. The van der Waals surface area contributed by atoms with E-state index in [1.54, 1.807) is 6.07 Å². The van der Waals surface area contributed by atoms with Crippen LogP contribution in [0.2, 0.25) is 0 Å². The van der Waals surface area contributed by atoms with Crippen LogP contribution in [0.15, 0.2) is 42.6 Å². The van der Waals surface area contributed by atoms with Crippen LogP contribution < -0.4 is 4.90 Å². The molecule has 5 heteroatoms. The second-order valence-corrected chi connectivity index (χ2v) is 7.32. The van der Waals surface area contributed by atoms with Crippen LogP contribution in [0.5, 0.6) is 0 Å². The Labute approximate surface area is 161 Å². The summed E-state index contributed by atoms with van der Waals surface area (Å²) in [7, 11) is 0. The highest BCUT2D eigenvalue weighted by Crippen LogP contribution is 2.11. The molecule has 1 heterocycles. The fraction of sp³-hybridized carbons (Fsp3) is 0.455. The summed E-state index contributed by atoms with van der Waals surface area (Å²) >= 11 is 0. The van der Waals surface area contributed by atoms with Crippen molar-refractivity contribution in [3.8, 4) is 12.3 Å². The van der Waals surface area contributed by atoms with E-state index in [9.17, 15) is 9.50 Å². The highest BCUT2D eigenvalue weighted by molar-refractivity contribution is 5.19. The maximum atomic E-state index is 14.0. The molecule has 0 bridgehead atoms. The number of halogens is 1. The van der Waals surface area contributed by atoms with E-state index in [0.29, 0.717) is 24.6 Å². The third kappa shape index (κ3) is 7.18. The lowest BCUT2D eigenvalue weighted by atomic mass is 10.2. The lowest BCUT2D eigenvalue weighted by Crippen LogP contribution is -3.12. The quantitative estimate of drug-likeness (QED) is 0.465. The Balaban J connectivity index is 2.03. The predicted molar refractivity (Wildman–Crippen MR) is 105 cm³/mol. The predicted octanol–water partition coefficient (Wildman–Crippen LogP) is 1.73. The van der Waals surface area contributed by atoms with Crippen molar-refractivity contribution in [3.63, 3.8) is 0 Å². The maximum absolute atomic E-state index is 14.0. The molecule has 1 unspecified atom stereocenters. The average Bonchev–Trinajstić information content (AvgIpc) is 3.03.